The zero-order valence-electron chi connectivity index (χ0n) is 15.1. The molecule has 0 aromatic heterocycles. The third-order valence-corrected chi connectivity index (χ3v) is 4.93. The zero-order chi connectivity index (χ0) is 20.9. The van der Waals surface area contributed by atoms with Crippen molar-refractivity contribution in [2.24, 2.45) is 0 Å². The van der Waals surface area contributed by atoms with Crippen LogP contribution in [0.15, 0.2) is 53.4 Å². The van der Waals surface area contributed by atoms with Crippen molar-refractivity contribution in [3.63, 3.8) is 0 Å². The molecule has 0 bridgehead atoms. The molecule has 148 valence electrons. The van der Waals surface area contributed by atoms with Gasteiger partial charge in [0.2, 0.25) is 5.91 Å². The van der Waals surface area contributed by atoms with Crippen LogP contribution in [0.25, 0.3) is 0 Å². The largest absolute Gasteiger partial charge is 0.449 e. The molecule has 2 aromatic carbocycles. The summed E-state index contributed by atoms with van der Waals surface area (Å²) in [7, 11) is -3.96. The van der Waals surface area contributed by atoms with Crippen molar-refractivity contribution in [3.05, 3.63) is 54.1 Å². The topological polar surface area (TPSA) is 145 Å². The van der Waals surface area contributed by atoms with Gasteiger partial charge < -0.3 is 15.8 Å². The minimum absolute atomic E-state index is 0.137. The Morgan fingerprint density at radius 1 is 1.07 bits per heavy atom. The maximum Gasteiger partial charge on any atom is 0.338 e. The van der Waals surface area contributed by atoms with Crippen LogP contribution in [-0.4, -0.2) is 32.3 Å². The third-order valence-electron chi connectivity index (χ3n) is 3.49. The summed E-state index contributed by atoms with van der Waals surface area (Å²) in [5.41, 5.74) is 6.50. The van der Waals surface area contributed by atoms with Crippen LogP contribution in [0.1, 0.15) is 24.2 Å². The van der Waals surface area contributed by atoms with Crippen molar-refractivity contribution in [1.29, 1.82) is 0 Å². The average molecular weight is 405 g/mol. The molecule has 0 aliphatic carbocycles. The molecule has 28 heavy (non-hydrogen) atoms. The molecular formula is C18H19N3O6S. The molecule has 2 amide bonds. The van der Waals surface area contributed by atoms with Crippen molar-refractivity contribution >= 4 is 39.2 Å². The van der Waals surface area contributed by atoms with Gasteiger partial charge in [-0.25, -0.2) is 17.9 Å². The first-order valence-corrected chi connectivity index (χ1v) is 9.57. The lowest BCUT2D eigenvalue weighted by atomic mass is 10.2. The number of carbonyl (C=O) groups is 3. The van der Waals surface area contributed by atoms with Gasteiger partial charge in [-0.05, 0) is 49.4 Å². The Morgan fingerprint density at radius 2 is 1.71 bits per heavy atom. The molecule has 0 spiro atoms. The Bertz CT molecular complexity index is 1000. The lowest BCUT2D eigenvalue weighted by Crippen LogP contribution is -2.30. The predicted octanol–water partition coefficient (Wildman–Crippen LogP) is 1.28. The first-order valence-electron chi connectivity index (χ1n) is 8.09. The summed E-state index contributed by atoms with van der Waals surface area (Å²) in [6.07, 6.45) is -1.10. The molecule has 4 N–H and O–H groups in total. The molecule has 0 aliphatic heterocycles. The van der Waals surface area contributed by atoms with E-state index < -0.39 is 33.9 Å². The molecule has 0 heterocycles. The van der Waals surface area contributed by atoms with Crippen LogP contribution in [0, 0.1) is 0 Å². The zero-order valence-corrected chi connectivity index (χ0v) is 15.9. The van der Waals surface area contributed by atoms with Crippen molar-refractivity contribution < 1.29 is 27.5 Å². The molecule has 10 heteroatoms. The van der Waals surface area contributed by atoms with Gasteiger partial charge in [-0.1, -0.05) is 6.07 Å². The number of nitrogens with one attached hydrogen (secondary N) is 2. The fourth-order valence-electron chi connectivity index (χ4n) is 2.16. The Kier molecular flexibility index (Phi) is 6.37. The molecule has 1 unspecified atom stereocenters. The summed E-state index contributed by atoms with van der Waals surface area (Å²) >= 11 is 0. The van der Waals surface area contributed by atoms with Gasteiger partial charge in [0.1, 0.15) is 0 Å². The van der Waals surface area contributed by atoms with Crippen LogP contribution < -0.4 is 15.8 Å². The van der Waals surface area contributed by atoms with E-state index in [1.54, 1.807) is 12.1 Å². The van der Waals surface area contributed by atoms with Gasteiger partial charge in [-0.3, -0.25) is 9.59 Å². The van der Waals surface area contributed by atoms with Crippen LogP contribution in [0.4, 0.5) is 11.4 Å². The Hall–Kier alpha value is -3.40. The summed E-state index contributed by atoms with van der Waals surface area (Å²) in [5.74, 6) is -2.02. The third kappa shape index (κ3) is 5.55. The predicted molar refractivity (Wildman–Crippen MR) is 102 cm³/mol. The Balaban J connectivity index is 2.00. The number of nitrogen functional groups attached to an aromatic ring is 1. The van der Waals surface area contributed by atoms with E-state index in [1.807, 2.05) is 4.72 Å². The van der Waals surface area contributed by atoms with Gasteiger partial charge in [-0.15, -0.1) is 0 Å². The van der Waals surface area contributed by atoms with E-state index in [0.717, 1.165) is 6.92 Å². The number of carbonyl (C=O) groups excluding carboxylic acids is 3. The number of ether oxygens (including phenoxy) is 1. The SMILES string of the molecule is CC(=O)NS(=O)(=O)c1ccc(NC(=O)C(C)OC(=O)c2cccc(N)c2)cc1. The highest BCUT2D eigenvalue weighted by Gasteiger charge is 2.20. The second-order valence-corrected chi connectivity index (χ2v) is 7.53. The van der Waals surface area contributed by atoms with Gasteiger partial charge in [0.15, 0.2) is 6.10 Å². The van der Waals surface area contributed by atoms with E-state index in [2.05, 4.69) is 5.32 Å². The number of sulfonamides is 1. The van der Waals surface area contributed by atoms with Gasteiger partial charge in [0, 0.05) is 18.3 Å². The molecule has 0 radical (unpaired) electrons. The minimum Gasteiger partial charge on any atom is -0.449 e. The van der Waals surface area contributed by atoms with E-state index in [0.29, 0.717) is 11.4 Å². The van der Waals surface area contributed by atoms with Crippen LogP contribution in [0.2, 0.25) is 0 Å². The number of anilines is 2. The molecule has 0 saturated carbocycles. The summed E-state index contributed by atoms with van der Waals surface area (Å²) in [4.78, 5) is 35.0. The number of hydrogen-bond acceptors (Lipinski definition) is 7. The van der Waals surface area contributed by atoms with Gasteiger partial charge in [0.05, 0.1) is 10.5 Å². The van der Waals surface area contributed by atoms with Crippen molar-refractivity contribution in [3.8, 4) is 0 Å². The van der Waals surface area contributed by atoms with E-state index in [4.69, 9.17) is 10.5 Å². The van der Waals surface area contributed by atoms with Crippen molar-refractivity contribution in [1.82, 2.24) is 4.72 Å². The van der Waals surface area contributed by atoms with Crippen molar-refractivity contribution in [2.45, 2.75) is 24.8 Å². The van der Waals surface area contributed by atoms with E-state index in [9.17, 15) is 22.8 Å². The van der Waals surface area contributed by atoms with Crippen molar-refractivity contribution in [2.75, 3.05) is 11.1 Å². The smallest absolute Gasteiger partial charge is 0.338 e. The highest BCUT2D eigenvalue weighted by Crippen LogP contribution is 2.15. The van der Waals surface area contributed by atoms with E-state index in [-0.39, 0.29) is 10.5 Å². The summed E-state index contributed by atoms with van der Waals surface area (Å²) < 4.78 is 30.7. The second kappa shape index (κ2) is 8.53. The van der Waals surface area contributed by atoms with Gasteiger partial charge in [-0.2, -0.15) is 0 Å². The first-order chi connectivity index (χ1) is 13.1. The molecule has 2 rings (SSSR count). The minimum atomic E-state index is -3.96. The summed E-state index contributed by atoms with van der Waals surface area (Å²) in [6.45, 7) is 2.48. The standard InChI is InChI=1S/C18H19N3O6S/c1-11(27-18(24)13-4-3-5-14(19)10-13)17(23)20-15-6-8-16(9-7-15)28(25,26)21-12(2)22/h3-11H,19H2,1-2H3,(H,20,23)(H,21,22). The quantitative estimate of drug-likeness (QED) is 0.485. The van der Waals surface area contributed by atoms with Crippen LogP contribution in [0.5, 0.6) is 0 Å². The number of hydrogen-bond donors (Lipinski definition) is 3. The number of amides is 2. The molecule has 9 nitrogen and oxygen atoms in total. The average Bonchev–Trinajstić information content (AvgIpc) is 2.61. The van der Waals surface area contributed by atoms with Crippen LogP contribution >= 0.6 is 0 Å². The monoisotopic (exact) mass is 405 g/mol. The fourth-order valence-corrected chi connectivity index (χ4v) is 3.15. The number of rotatable bonds is 6. The molecule has 0 fully saturated rings. The molecule has 1 atom stereocenters. The molecule has 0 saturated heterocycles. The first kappa shape index (κ1) is 20.9. The number of benzene rings is 2. The van der Waals surface area contributed by atoms with E-state index >= 15 is 0 Å². The molecular weight excluding hydrogens is 386 g/mol. The maximum atomic E-state index is 12.2. The summed E-state index contributed by atoms with van der Waals surface area (Å²) in [5, 5.41) is 2.51. The molecule has 2 aromatic rings. The summed E-state index contributed by atoms with van der Waals surface area (Å²) in [6, 6.07) is 11.3. The fraction of sp³-hybridized carbons (Fsp3) is 0.167. The second-order valence-electron chi connectivity index (χ2n) is 5.85. The lowest BCUT2D eigenvalue weighted by Gasteiger charge is -2.14. The normalized spacial score (nSPS) is 11.9. The van der Waals surface area contributed by atoms with Gasteiger partial charge >= 0.3 is 5.97 Å². The Labute approximate surface area is 161 Å². The highest BCUT2D eigenvalue weighted by atomic mass is 32.2. The van der Waals surface area contributed by atoms with Gasteiger partial charge in [0.25, 0.3) is 15.9 Å². The number of esters is 1. The lowest BCUT2D eigenvalue weighted by molar-refractivity contribution is -0.123. The van der Waals surface area contributed by atoms with Crippen LogP contribution in [-0.2, 0) is 24.3 Å². The molecule has 0 aliphatic rings. The van der Waals surface area contributed by atoms with Crippen LogP contribution in [0.3, 0.4) is 0 Å². The maximum absolute atomic E-state index is 12.2. The van der Waals surface area contributed by atoms with E-state index in [1.165, 1.54) is 43.3 Å². The highest BCUT2D eigenvalue weighted by molar-refractivity contribution is 7.90. The Morgan fingerprint density at radius 3 is 2.29 bits per heavy atom. The number of nitrogens with two attached hydrogens (primary N) is 1.